The first-order valence-electron chi connectivity index (χ1n) is 10.7. The third-order valence-corrected chi connectivity index (χ3v) is 6.12. The molecule has 3 N–H and O–H groups in total. The molecule has 8 nitrogen and oxygen atoms in total. The van der Waals surface area contributed by atoms with Gasteiger partial charge in [-0.2, -0.15) is 4.98 Å². The molecule has 0 amide bonds. The summed E-state index contributed by atoms with van der Waals surface area (Å²) in [6.07, 6.45) is 0. The van der Waals surface area contributed by atoms with E-state index in [4.69, 9.17) is 4.74 Å². The second-order valence-corrected chi connectivity index (χ2v) is 9.13. The van der Waals surface area contributed by atoms with Crippen molar-refractivity contribution in [2.24, 2.45) is 0 Å². The van der Waals surface area contributed by atoms with Crippen molar-refractivity contribution in [2.75, 3.05) is 21.9 Å². The van der Waals surface area contributed by atoms with Crippen LogP contribution in [0.25, 0.3) is 0 Å². The van der Waals surface area contributed by atoms with E-state index < -0.39 is 10.0 Å². The molecule has 0 bridgehead atoms. The van der Waals surface area contributed by atoms with Crippen LogP contribution in [-0.2, 0) is 10.0 Å². The largest absolute Gasteiger partial charge is 0.457 e. The molecule has 0 aliphatic carbocycles. The summed E-state index contributed by atoms with van der Waals surface area (Å²) in [6.45, 7) is 4.65. The average Bonchev–Trinajstić information content (AvgIpc) is 2.81. The van der Waals surface area contributed by atoms with Gasteiger partial charge in [-0.3, -0.25) is 4.72 Å². The predicted octanol–water partition coefficient (Wildman–Crippen LogP) is 5.55. The van der Waals surface area contributed by atoms with Crippen molar-refractivity contribution in [1.29, 1.82) is 0 Å². The van der Waals surface area contributed by atoms with Crippen molar-refractivity contribution in [1.82, 2.24) is 9.97 Å². The number of benzene rings is 3. The summed E-state index contributed by atoms with van der Waals surface area (Å²) >= 11 is 0. The van der Waals surface area contributed by atoms with Gasteiger partial charge in [0.1, 0.15) is 17.3 Å². The fourth-order valence-corrected chi connectivity index (χ4v) is 4.23. The standard InChI is InChI=1S/C25H25N5O3S/c1-3-26-24-17-18(2)27-25(29-24)28-19-9-11-20(12-10-19)30-34(31,32)23-15-13-22(14-16-23)33-21-7-5-4-6-8-21/h4-17,30H,3H2,1-2H3,(H2,26,27,28,29). The van der Waals surface area contributed by atoms with Gasteiger partial charge >= 0.3 is 0 Å². The zero-order valence-corrected chi connectivity index (χ0v) is 19.6. The maximum absolute atomic E-state index is 12.8. The van der Waals surface area contributed by atoms with Gasteiger partial charge in [0.25, 0.3) is 10.0 Å². The van der Waals surface area contributed by atoms with E-state index in [9.17, 15) is 8.42 Å². The van der Waals surface area contributed by atoms with E-state index in [0.717, 1.165) is 23.7 Å². The molecule has 0 unspecified atom stereocenters. The SMILES string of the molecule is CCNc1cc(C)nc(Nc2ccc(NS(=O)(=O)c3ccc(Oc4ccccc4)cc3)cc2)n1. The minimum Gasteiger partial charge on any atom is -0.457 e. The topological polar surface area (TPSA) is 105 Å². The number of para-hydroxylation sites is 1. The lowest BCUT2D eigenvalue weighted by Crippen LogP contribution is -2.12. The molecule has 1 heterocycles. The Morgan fingerprint density at radius 1 is 0.824 bits per heavy atom. The highest BCUT2D eigenvalue weighted by atomic mass is 32.2. The number of nitrogens with one attached hydrogen (secondary N) is 3. The minimum absolute atomic E-state index is 0.138. The van der Waals surface area contributed by atoms with Gasteiger partial charge in [0.2, 0.25) is 5.95 Å². The summed E-state index contributed by atoms with van der Waals surface area (Å²) in [4.78, 5) is 8.94. The lowest BCUT2D eigenvalue weighted by atomic mass is 10.3. The molecular formula is C25H25N5O3S. The van der Waals surface area contributed by atoms with Crippen LogP contribution in [0.3, 0.4) is 0 Å². The number of sulfonamides is 1. The van der Waals surface area contributed by atoms with Crippen molar-refractivity contribution < 1.29 is 13.2 Å². The molecule has 4 aromatic rings. The van der Waals surface area contributed by atoms with Gasteiger partial charge in [-0.05, 0) is 74.5 Å². The van der Waals surface area contributed by atoms with Crippen LogP contribution in [0.2, 0.25) is 0 Å². The van der Waals surface area contributed by atoms with Crippen LogP contribution < -0.4 is 20.1 Å². The third kappa shape index (κ3) is 6.02. The van der Waals surface area contributed by atoms with Gasteiger partial charge in [0.05, 0.1) is 4.90 Å². The van der Waals surface area contributed by atoms with E-state index in [2.05, 4.69) is 25.3 Å². The molecule has 0 saturated carbocycles. The predicted molar refractivity (Wildman–Crippen MR) is 134 cm³/mol. The first-order valence-corrected chi connectivity index (χ1v) is 12.2. The highest BCUT2D eigenvalue weighted by Gasteiger charge is 2.14. The molecule has 1 aromatic heterocycles. The van der Waals surface area contributed by atoms with Gasteiger partial charge in [0.15, 0.2) is 0 Å². The number of rotatable bonds is 9. The van der Waals surface area contributed by atoms with Crippen LogP contribution in [0.1, 0.15) is 12.6 Å². The number of ether oxygens (including phenoxy) is 1. The molecule has 34 heavy (non-hydrogen) atoms. The number of nitrogens with zero attached hydrogens (tertiary/aromatic N) is 2. The highest BCUT2D eigenvalue weighted by Crippen LogP contribution is 2.24. The molecule has 0 radical (unpaired) electrons. The monoisotopic (exact) mass is 475 g/mol. The van der Waals surface area contributed by atoms with Crippen molar-refractivity contribution in [3.63, 3.8) is 0 Å². The van der Waals surface area contributed by atoms with Gasteiger partial charge in [-0.1, -0.05) is 18.2 Å². The summed E-state index contributed by atoms with van der Waals surface area (Å²) in [5.74, 6) is 2.43. The number of hydrogen-bond donors (Lipinski definition) is 3. The van der Waals surface area contributed by atoms with Crippen LogP contribution in [0, 0.1) is 6.92 Å². The normalized spacial score (nSPS) is 11.0. The van der Waals surface area contributed by atoms with E-state index in [1.165, 1.54) is 12.1 Å². The quantitative estimate of drug-likeness (QED) is 0.291. The molecule has 174 valence electrons. The number of aromatic nitrogens is 2. The Morgan fingerprint density at radius 2 is 1.47 bits per heavy atom. The Morgan fingerprint density at radius 3 is 2.15 bits per heavy atom. The Hall–Kier alpha value is -4.11. The molecule has 3 aromatic carbocycles. The highest BCUT2D eigenvalue weighted by molar-refractivity contribution is 7.92. The smallest absolute Gasteiger partial charge is 0.261 e. The second-order valence-electron chi connectivity index (χ2n) is 7.44. The van der Waals surface area contributed by atoms with E-state index in [1.807, 2.05) is 50.2 Å². The Bertz CT molecular complexity index is 1340. The molecule has 0 spiro atoms. The van der Waals surface area contributed by atoms with Gasteiger partial charge in [0, 0.05) is 29.7 Å². The summed E-state index contributed by atoms with van der Waals surface area (Å²) in [6, 6.07) is 24.3. The van der Waals surface area contributed by atoms with Crippen LogP contribution >= 0.6 is 0 Å². The maximum atomic E-state index is 12.8. The van der Waals surface area contributed by atoms with Crippen molar-refractivity contribution in [3.05, 3.63) is 90.6 Å². The maximum Gasteiger partial charge on any atom is 0.261 e. The van der Waals surface area contributed by atoms with E-state index in [0.29, 0.717) is 23.1 Å². The molecule has 0 saturated heterocycles. The molecular weight excluding hydrogens is 450 g/mol. The summed E-state index contributed by atoms with van der Waals surface area (Å²) in [5, 5.41) is 6.30. The Labute approximate surface area is 199 Å². The lowest BCUT2D eigenvalue weighted by molar-refractivity contribution is 0.482. The van der Waals surface area contributed by atoms with Gasteiger partial charge in [-0.15, -0.1) is 0 Å². The van der Waals surface area contributed by atoms with E-state index in [-0.39, 0.29) is 4.90 Å². The molecule has 4 rings (SSSR count). The third-order valence-electron chi connectivity index (χ3n) is 4.72. The molecule has 0 fully saturated rings. The molecule has 9 heteroatoms. The first-order chi connectivity index (χ1) is 16.4. The fraction of sp³-hybridized carbons (Fsp3) is 0.120. The Balaban J connectivity index is 1.41. The second kappa shape index (κ2) is 10.2. The van der Waals surface area contributed by atoms with Crippen LogP contribution in [0.15, 0.2) is 89.8 Å². The van der Waals surface area contributed by atoms with Crippen molar-refractivity contribution in [3.8, 4) is 11.5 Å². The van der Waals surface area contributed by atoms with Crippen molar-refractivity contribution >= 4 is 33.2 Å². The first kappa shape index (κ1) is 23.1. The summed E-state index contributed by atoms with van der Waals surface area (Å²) in [5.41, 5.74) is 2.00. The minimum atomic E-state index is -3.75. The Kier molecular flexibility index (Phi) is 6.93. The van der Waals surface area contributed by atoms with Crippen LogP contribution in [0.5, 0.6) is 11.5 Å². The average molecular weight is 476 g/mol. The summed E-state index contributed by atoms with van der Waals surface area (Å²) in [7, 11) is -3.75. The van der Waals surface area contributed by atoms with Crippen molar-refractivity contribution in [2.45, 2.75) is 18.7 Å². The zero-order valence-electron chi connectivity index (χ0n) is 18.8. The van der Waals surface area contributed by atoms with Gasteiger partial charge in [-0.25, -0.2) is 13.4 Å². The molecule has 0 atom stereocenters. The van der Waals surface area contributed by atoms with E-state index >= 15 is 0 Å². The lowest BCUT2D eigenvalue weighted by Gasteiger charge is -2.11. The van der Waals surface area contributed by atoms with Gasteiger partial charge < -0.3 is 15.4 Å². The van der Waals surface area contributed by atoms with E-state index in [1.54, 1.807) is 36.4 Å². The number of anilines is 4. The fourth-order valence-electron chi connectivity index (χ4n) is 3.17. The number of hydrogen-bond acceptors (Lipinski definition) is 7. The molecule has 0 aliphatic heterocycles. The number of aryl methyl sites for hydroxylation is 1. The zero-order chi connectivity index (χ0) is 24.0. The van der Waals surface area contributed by atoms with Crippen LogP contribution in [0.4, 0.5) is 23.1 Å². The molecule has 0 aliphatic rings. The summed E-state index contributed by atoms with van der Waals surface area (Å²) < 4.78 is 33.9. The van der Waals surface area contributed by atoms with Crippen LogP contribution in [-0.4, -0.2) is 24.9 Å².